The van der Waals surface area contributed by atoms with Gasteiger partial charge >= 0.3 is 0 Å². The minimum atomic E-state index is 0.516. The van der Waals surface area contributed by atoms with E-state index in [1.54, 1.807) is 24.5 Å². The fraction of sp³-hybridized carbons (Fsp3) is 0.263. The molecule has 3 rings (SSSR count). The standard InChI is InChI=1S/C19H20Cl2N4O/c1-24(2)13-22-19-23-16-6-3-4-7-17(16)25(19)10-5-11-26-18-9-8-14(20)12-15(18)21/h3-4,6-9,12-13H,5,10-11H2,1-2H3. The second kappa shape index (κ2) is 8.43. The molecule has 0 N–H and O–H groups in total. The third-order valence-electron chi connectivity index (χ3n) is 3.72. The average Bonchev–Trinajstić information content (AvgIpc) is 2.96. The molecule has 1 aromatic heterocycles. The molecule has 0 aliphatic carbocycles. The van der Waals surface area contributed by atoms with Crippen LogP contribution >= 0.6 is 23.2 Å². The van der Waals surface area contributed by atoms with Crippen LogP contribution in [0.15, 0.2) is 47.5 Å². The van der Waals surface area contributed by atoms with Crippen molar-refractivity contribution in [1.29, 1.82) is 0 Å². The first-order chi connectivity index (χ1) is 12.5. The molecule has 0 radical (unpaired) electrons. The van der Waals surface area contributed by atoms with E-state index in [9.17, 15) is 0 Å². The Balaban J connectivity index is 1.70. The van der Waals surface area contributed by atoms with E-state index in [2.05, 4.69) is 14.5 Å². The van der Waals surface area contributed by atoms with Gasteiger partial charge in [-0.3, -0.25) is 0 Å². The number of ether oxygens (including phenoxy) is 1. The highest BCUT2D eigenvalue weighted by atomic mass is 35.5. The molecular weight excluding hydrogens is 371 g/mol. The zero-order valence-corrected chi connectivity index (χ0v) is 16.2. The summed E-state index contributed by atoms with van der Waals surface area (Å²) in [6.45, 7) is 1.27. The number of hydrogen-bond donors (Lipinski definition) is 0. The summed E-state index contributed by atoms with van der Waals surface area (Å²) in [5, 5.41) is 1.11. The van der Waals surface area contributed by atoms with Gasteiger partial charge in [0, 0.05) is 25.7 Å². The Morgan fingerprint density at radius 3 is 2.77 bits per heavy atom. The summed E-state index contributed by atoms with van der Waals surface area (Å²) in [6, 6.07) is 13.2. The normalized spacial score (nSPS) is 11.4. The highest BCUT2D eigenvalue weighted by Crippen LogP contribution is 2.28. The van der Waals surface area contributed by atoms with Gasteiger partial charge in [-0.1, -0.05) is 35.3 Å². The average molecular weight is 391 g/mol. The zero-order chi connectivity index (χ0) is 18.5. The Morgan fingerprint density at radius 2 is 2.00 bits per heavy atom. The quantitative estimate of drug-likeness (QED) is 0.322. The summed E-state index contributed by atoms with van der Waals surface area (Å²) in [5.41, 5.74) is 1.99. The van der Waals surface area contributed by atoms with Gasteiger partial charge in [0.25, 0.3) is 0 Å². The molecule has 26 heavy (non-hydrogen) atoms. The van der Waals surface area contributed by atoms with Gasteiger partial charge in [0.05, 0.1) is 29.0 Å². The monoisotopic (exact) mass is 390 g/mol. The number of aliphatic imine (C=N–C) groups is 1. The van der Waals surface area contributed by atoms with Crippen molar-refractivity contribution in [2.75, 3.05) is 20.7 Å². The lowest BCUT2D eigenvalue weighted by atomic mass is 10.3. The van der Waals surface area contributed by atoms with Crippen LogP contribution in [0.3, 0.4) is 0 Å². The molecule has 0 spiro atoms. The van der Waals surface area contributed by atoms with Crippen molar-refractivity contribution in [3.63, 3.8) is 0 Å². The van der Waals surface area contributed by atoms with Crippen LogP contribution in [0.4, 0.5) is 5.95 Å². The lowest BCUT2D eigenvalue weighted by molar-refractivity contribution is 0.303. The molecule has 0 saturated heterocycles. The SMILES string of the molecule is CN(C)C=Nc1nc2ccccc2n1CCCOc1ccc(Cl)cc1Cl. The molecule has 0 unspecified atom stereocenters. The van der Waals surface area contributed by atoms with E-state index in [4.69, 9.17) is 27.9 Å². The van der Waals surface area contributed by atoms with E-state index < -0.39 is 0 Å². The van der Waals surface area contributed by atoms with Crippen LogP contribution in [0.1, 0.15) is 6.42 Å². The molecule has 1 heterocycles. The molecular formula is C19H20Cl2N4O. The number of hydrogen-bond acceptors (Lipinski definition) is 3. The summed E-state index contributed by atoms with van der Waals surface area (Å²) in [4.78, 5) is 11.0. The summed E-state index contributed by atoms with van der Waals surface area (Å²) in [7, 11) is 3.86. The molecule has 0 saturated carbocycles. The second-order valence-corrected chi connectivity index (χ2v) is 6.88. The Bertz CT molecular complexity index is 921. The Hall–Kier alpha value is -2.24. The summed E-state index contributed by atoms with van der Waals surface area (Å²) in [5.74, 6) is 1.32. The van der Waals surface area contributed by atoms with E-state index in [0.717, 1.165) is 24.0 Å². The van der Waals surface area contributed by atoms with Crippen LogP contribution < -0.4 is 4.74 Å². The van der Waals surface area contributed by atoms with Gasteiger partial charge in [-0.05, 0) is 36.8 Å². The van der Waals surface area contributed by atoms with Crippen LogP contribution in [0.5, 0.6) is 5.75 Å². The van der Waals surface area contributed by atoms with Crippen molar-refractivity contribution in [3.8, 4) is 5.75 Å². The van der Waals surface area contributed by atoms with Crippen molar-refractivity contribution < 1.29 is 4.74 Å². The van der Waals surface area contributed by atoms with Gasteiger partial charge in [0.15, 0.2) is 0 Å². The zero-order valence-electron chi connectivity index (χ0n) is 14.7. The van der Waals surface area contributed by atoms with Crippen molar-refractivity contribution in [2.24, 2.45) is 4.99 Å². The van der Waals surface area contributed by atoms with Gasteiger partial charge in [-0.15, -0.1) is 0 Å². The number of benzene rings is 2. The molecule has 0 atom stereocenters. The Morgan fingerprint density at radius 1 is 1.19 bits per heavy atom. The molecule has 0 bridgehead atoms. The molecule has 0 amide bonds. The first kappa shape index (κ1) is 18.5. The van der Waals surface area contributed by atoms with Crippen LogP contribution in [0.2, 0.25) is 10.0 Å². The summed E-state index contributed by atoms with van der Waals surface area (Å²) >= 11 is 12.0. The van der Waals surface area contributed by atoms with E-state index in [1.165, 1.54) is 0 Å². The van der Waals surface area contributed by atoms with Gasteiger partial charge in [-0.25, -0.2) is 9.98 Å². The number of imidazole rings is 1. The van der Waals surface area contributed by atoms with Crippen molar-refractivity contribution >= 4 is 46.5 Å². The van der Waals surface area contributed by atoms with Crippen LogP contribution in [0.25, 0.3) is 11.0 Å². The molecule has 0 aliphatic rings. The second-order valence-electron chi connectivity index (χ2n) is 6.04. The lowest BCUT2D eigenvalue weighted by Crippen LogP contribution is -2.08. The minimum Gasteiger partial charge on any atom is -0.492 e. The van der Waals surface area contributed by atoms with Gasteiger partial charge in [0.2, 0.25) is 5.95 Å². The Kier molecular flexibility index (Phi) is 6.01. The molecule has 2 aromatic carbocycles. The van der Waals surface area contributed by atoms with Crippen LogP contribution in [-0.4, -0.2) is 41.5 Å². The maximum atomic E-state index is 6.13. The van der Waals surface area contributed by atoms with E-state index in [0.29, 0.717) is 28.3 Å². The van der Waals surface area contributed by atoms with E-state index in [1.807, 2.05) is 43.3 Å². The fourth-order valence-electron chi connectivity index (χ4n) is 2.55. The lowest BCUT2D eigenvalue weighted by Gasteiger charge is -2.10. The Labute approximate surface area is 162 Å². The maximum absolute atomic E-state index is 6.13. The van der Waals surface area contributed by atoms with Crippen molar-refractivity contribution in [2.45, 2.75) is 13.0 Å². The largest absolute Gasteiger partial charge is 0.492 e. The highest BCUT2D eigenvalue weighted by molar-refractivity contribution is 6.35. The van der Waals surface area contributed by atoms with E-state index in [-0.39, 0.29) is 0 Å². The molecule has 7 heteroatoms. The van der Waals surface area contributed by atoms with Gasteiger partial charge < -0.3 is 14.2 Å². The van der Waals surface area contributed by atoms with Crippen molar-refractivity contribution in [1.82, 2.24) is 14.5 Å². The topological polar surface area (TPSA) is 42.7 Å². The van der Waals surface area contributed by atoms with Gasteiger partial charge in [-0.2, -0.15) is 0 Å². The maximum Gasteiger partial charge on any atom is 0.231 e. The number of rotatable bonds is 7. The molecule has 0 fully saturated rings. The van der Waals surface area contributed by atoms with Gasteiger partial charge in [0.1, 0.15) is 5.75 Å². The first-order valence-electron chi connectivity index (χ1n) is 8.28. The van der Waals surface area contributed by atoms with E-state index >= 15 is 0 Å². The molecule has 5 nitrogen and oxygen atoms in total. The molecule has 136 valence electrons. The minimum absolute atomic E-state index is 0.516. The van der Waals surface area contributed by atoms with Crippen LogP contribution in [0, 0.1) is 0 Å². The predicted octanol–water partition coefficient (Wildman–Crippen LogP) is 5.03. The highest BCUT2D eigenvalue weighted by Gasteiger charge is 2.09. The molecule has 0 aliphatic heterocycles. The number of aromatic nitrogens is 2. The number of nitrogens with zero attached hydrogens (tertiary/aromatic N) is 4. The van der Waals surface area contributed by atoms with Crippen molar-refractivity contribution in [3.05, 3.63) is 52.5 Å². The summed E-state index contributed by atoms with van der Waals surface area (Å²) in [6.07, 6.45) is 2.55. The first-order valence-corrected chi connectivity index (χ1v) is 9.04. The number of halogens is 2. The number of aryl methyl sites for hydroxylation is 1. The fourth-order valence-corrected chi connectivity index (χ4v) is 3.01. The third kappa shape index (κ3) is 4.48. The summed E-state index contributed by atoms with van der Waals surface area (Å²) < 4.78 is 7.87. The number of fused-ring (bicyclic) bond motifs is 1. The predicted molar refractivity (Wildman–Crippen MR) is 108 cm³/mol. The third-order valence-corrected chi connectivity index (χ3v) is 4.25. The smallest absolute Gasteiger partial charge is 0.231 e. The molecule has 3 aromatic rings. The number of para-hydroxylation sites is 2. The van der Waals surface area contributed by atoms with Crippen LogP contribution in [-0.2, 0) is 6.54 Å².